The molecule has 2 aliphatic heterocycles. The van der Waals surface area contributed by atoms with Gasteiger partial charge in [-0.05, 0) is 68.2 Å². The van der Waals surface area contributed by atoms with Crippen LogP contribution in [-0.4, -0.2) is 42.4 Å². The van der Waals surface area contributed by atoms with Gasteiger partial charge in [-0.1, -0.05) is 12.1 Å². The van der Waals surface area contributed by atoms with Crippen LogP contribution in [0.3, 0.4) is 0 Å². The lowest BCUT2D eigenvalue weighted by molar-refractivity contribution is 0.407. The van der Waals surface area contributed by atoms with Crippen molar-refractivity contribution in [3.63, 3.8) is 0 Å². The average Bonchev–Trinajstić information content (AvgIpc) is 2.69. The quantitative estimate of drug-likeness (QED) is 0.901. The normalized spacial score (nSPS) is 24.7. The number of benzene rings is 1. The van der Waals surface area contributed by atoms with Crippen molar-refractivity contribution in [1.29, 1.82) is 0 Å². The van der Waals surface area contributed by atoms with Gasteiger partial charge in [0, 0.05) is 55.4 Å². The van der Waals surface area contributed by atoms with Crippen molar-refractivity contribution < 1.29 is 0 Å². The molecule has 0 radical (unpaired) electrons. The van der Waals surface area contributed by atoms with E-state index >= 15 is 0 Å². The fourth-order valence-electron chi connectivity index (χ4n) is 4.15. The molecule has 0 amide bonds. The SMILES string of the molecule is C[C@@H]1CN(c2cccc(/C=C3\CCCN=C3c3cccnc3)c2)C[C@H](C)N1. The molecule has 1 N–H and O–H groups in total. The first-order chi connectivity index (χ1) is 13.2. The van der Waals surface area contributed by atoms with Crippen molar-refractivity contribution in [2.24, 2.45) is 4.99 Å². The molecule has 2 aliphatic rings. The Morgan fingerprint density at radius 1 is 1.11 bits per heavy atom. The van der Waals surface area contributed by atoms with Crippen molar-refractivity contribution in [3.05, 3.63) is 65.5 Å². The molecular formula is C23H28N4. The molecule has 4 nitrogen and oxygen atoms in total. The fraction of sp³-hybridized carbons (Fsp3) is 0.391. The molecule has 1 aromatic carbocycles. The zero-order chi connectivity index (χ0) is 18.6. The second kappa shape index (κ2) is 8.05. The predicted molar refractivity (Wildman–Crippen MR) is 114 cm³/mol. The Kier molecular flexibility index (Phi) is 5.35. The number of hydrogen-bond donors (Lipinski definition) is 1. The Labute approximate surface area is 162 Å². The van der Waals surface area contributed by atoms with Gasteiger partial charge in [0.15, 0.2) is 0 Å². The van der Waals surface area contributed by atoms with Crippen molar-refractivity contribution in [3.8, 4) is 0 Å². The Bertz CT molecular complexity index is 830. The summed E-state index contributed by atoms with van der Waals surface area (Å²) in [5.41, 5.74) is 6.09. The molecule has 2 atom stereocenters. The van der Waals surface area contributed by atoms with Crippen LogP contribution < -0.4 is 10.2 Å². The molecule has 4 heteroatoms. The fourth-order valence-corrected chi connectivity index (χ4v) is 4.15. The summed E-state index contributed by atoms with van der Waals surface area (Å²) in [5, 5.41) is 3.61. The third kappa shape index (κ3) is 4.28. The second-order valence-corrected chi connectivity index (χ2v) is 7.71. The number of aromatic nitrogens is 1. The molecule has 3 heterocycles. The minimum atomic E-state index is 0.512. The van der Waals surface area contributed by atoms with Crippen LogP contribution in [0.4, 0.5) is 5.69 Å². The molecule has 4 rings (SSSR count). The molecule has 0 aliphatic carbocycles. The predicted octanol–water partition coefficient (Wildman–Crippen LogP) is 3.93. The highest BCUT2D eigenvalue weighted by Crippen LogP contribution is 2.25. The molecule has 1 fully saturated rings. The number of rotatable bonds is 3. The van der Waals surface area contributed by atoms with E-state index in [0.717, 1.165) is 43.8 Å². The van der Waals surface area contributed by atoms with Crippen molar-refractivity contribution >= 4 is 17.5 Å². The molecular weight excluding hydrogens is 332 g/mol. The van der Waals surface area contributed by atoms with Gasteiger partial charge in [0.25, 0.3) is 0 Å². The smallest absolute Gasteiger partial charge is 0.0694 e. The lowest BCUT2D eigenvalue weighted by atomic mass is 9.94. The molecule has 0 spiro atoms. The van der Waals surface area contributed by atoms with Crippen molar-refractivity contribution in [1.82, 2.24) is 10.3 Å². The van der Waals surface area contributed by atoms with Gasteiger partial charge in [-0.2, -0.15) is 0 Å². The topological polar surface area (TPSA) is 40.5 Å². The lowest BCUT2D eigenvalue weighted by Crippen LogP contribution is -2.54. The number of piperazine rings is 1. The van der Waals surface area contributed by atoms with E-state index in [1.807, 2.05) is 18.5 Å². The maximum atomic E-state index is 4.80. The zero-order valence-corrected chi connectivity index (χ0v) is 16.2. The third-order valence-corrected chi connectivity index (χ3v) is 5.25. The maximum Gasteiger partial charge on any atom is 0.0694 e. The van der Waals surface area contributed by atoms with Crippen LogP contribution in [-0.2, 0) is 0 Å². The Morgan fingerprint density at radius 3 is 2.74 bits per heavy atom. The Morgan fingerprint density at radius 2 is 1.96 bits per heavy atom. The number of anilines is 1. The Hall–Kier alpha value is -2.46. The Balaban J connectivity index is 1.62. The van der Waals surface area contributed by atoms with E-state index in [0.29, 0.717) is 12.1 Å². The van der Waals surface area contributed by atoms with E-state index in [1.165, 1.54) is 16.8 Å². The van der Waals surface area contributed by atoms with E-state index in [4.69, 9.17) is 4.99 Å². The summed E-state index contributed by atoms with van der Waals surface area (Å²) in [5.74, 6) is 0. The molecule has 2 aromatic rings. The van der Waals surface area contributed by atoms with Gasteiger partial charge >= 0.3 is 0 Å². The van der Waals surface area contributed by atoms with Gasteiger partial charge in [0.1, 0.15) is 0 Å². The summed E-state index contributed by atoms with van der Waals surface area (Å²) in [7, 11) is 0. The number of hydrogen-bond acceptors (Lipinski definition) is 4. The first kappa shape index (κ1) is 17.9. The summed E-state index contributed by atoms with van der Waals surface area (Å²) in [6.07, 6.45) is 8.22. The summed E-state index contributed by atoms with van der Waals surface area (Å²) < 4.78 is 0. The van der Waals surface area contributed by atoms with Crippen LogP contribution in [0.15, 0.2) is 59.4 Å². The van der Waals surface area contributed by atoms with Crippen LogP contribution in [0.25, 0.3) is 6.08 Å². The van der Waals surface area contributed by atoms with Crippen molar-refractivity contribution in [2.45, 2.75) is 38.8 Å². The van der Waals surface area contributed by atoms with Crippen LogP contribution >= 0.6 is 0 Å². The highest BCUT2D eigenvalue weighted by Gasteiger charge is 2.21. The maximum absolute atomic E-state index is 4.80. The monoisotopic (exact) mass is 360 g/mol. The van der Waals surface area contributed by atoms with Crippen LogP contribution in [0.5, 0.6) is 0 Å². The lowest BCUT2D eigenvalue weighted by Gasteiger charge is -2.37. The number of pyridine rings is 1. The van der Waals surface area contributed by atoms with Gasteiger partial charge < -0.3 is 10.2 Å². The van der Waals surface area contributed by atoms with E-state index < -0.39 is 0 Å². The summed E-state index contributed by atoms with van der Waals surface area (Å²) >= 11 is 0. The largest absolute Gasteiger partial charge is 0.368 e. The number of nitrogens with one attached hydrogen (secondary N) is 1. The summed E-state index contributed by atoms with van der Waals surface area (Å²) in [4.78, 5) is 11.6. The summed E-state index contributed by atoms with van der Waals surface area (Å²) in [6, 6.07) is 14.0. The standard InChI is InChI=1S/C23H28N4/c1-17-15-27(16-18(2)26-17)22-9-3-6-19(13-22)12-20-7-5-11-25-23(20)21-8-4-10-24-14-21/h3-4,6,8-10,12-14,17-18,26H,5,7,11,15-16H2,1-2H3/b20-12+/t17-,18+. The van der Waals surface area contributed by atoms with Gasteiger partial charge in [-0.25, -0.2) is 0 Å². The number of allylic oxidation sites excluding steroid dienone is 1. The average molecular weight is 361 g/mol. The van der Waals surface area contributed by atoms with E-state index in [1.54, 1.807) is 0 Å². The minimum absolute atomic E-state index is 0.512. The first-order valence-electron chi connectivity index (χ1n) is 9.96. The molecule has 0 bridgehead atoms. The molecule has 140 valence electrons. The molecule has 1 saturated heterocycles. The van der Waals surface area contributed by atoms with Crippen LogP contribution in [0, 0.1) is 0 Å². The van der Waals surface area contributed by atoms with E-state index in [-0.39, 0.29) is 0 Å². The van der Waals surface area contributed by atoms with Crippen molar-refractivity contribution in [2.75, 3.05) is 24.5 Å². The molecule has 0 saturated carbocycles. The van der Waals surface area contributed by atoms with Gasteiger partial charge in [0.2, 0.25) is 0 Å². The van der Waals surface area contributed by atoms with Gasteiger partial charge in [-0.15, -0.1) is 0 Å². The number of aliphatic imine (C=N–C) groups is 1. The highest BCUT2D eigenvalue weighted by molar-refractivity contribution is 6.15. The second-order valence-electron chi connectivity index (χ2n) is 7.71. The number of nitrogens with zero attached hydrogens (tertiary/aromatic N) is 3. The third-order valence-electron chi connectivity index (χ3n) is 5.25. The van der Waals surface area contributed by atoms with Crippen LogP contribution in [0.2, 0.25) is 0 Å². The molecule has 1 aromatic heterocycles. The zero-order valence-electron chi connectivity index (χ0n) is 16.2. The van der Waals surface area contributed by atoms with E-state index in [2.05, 4.69) is 65.5 Å². The van der Waals surface area contributed by atoms with Crippen LogP contribution in [0.1, 0.15) is 37.8 Å². The first-order valence-corrected chi connectivity index (χ1v) is 9.96. The van der Waals surface area contributed by atoms with Gasteiger partial charge in [-0.3, -0.25) is 9.98 Å². The molecule has 27 heavy (non-hydrogen) atoms. The minimum Gasteiger partial charge on any atom is -0.368 e. The van der Waals surface area contributed by atoms with Gasteiger partial charge in [0.05, 0.1) is 5.71 Å². The highest BCUT2D eigenvalue weighted by atomic mass is 15.2. The molecule has 0 unspecified atom stereocenters. The summed E-state index contributed by atoms with van der Waals surface area (Å²) in [6.45, 7) is 7.51. The van der Waals surface area contributed by atoms with E-state index in [9.17, 15) is 0 Å².